The third-order valence-corrected chi connectivity index (χ3v) is 4.11. The van der Waals surface area contributed by atoms with Crippen molar-refractivity contribution in [3.63, 3.8) is 0 Å². The quantitative estimate of drug-likeness (QED) is 0.757. The fraction of sp³-hybridized carbons (Fsp3) is 0.353. The van der Waals surface area contributed by atoms with E-state index in [0.29, 0.717) is 19.6 Å². The van der Waals surface area contributed by atoms with Crippen molar-refractivity contribution in [2.45, 2.75) is 26.2 Å². The van der Waals surface area contributed by atoms with E-state index in [4.69, 9.17) is 4.74 Å². The minimum absolute atomic E-state index is 0.0972. The minimum Gasteiger partial charge on any atom is -0.493 e. The lowest BCUT2D eigenvalue weighted by Gasteiger charge is -2.08. The third-order valence-electron chi connectivity index (χ3n) is 3.17. The average Bonchev–Trinajstić information content (AvgIpc) is 2.98. The number of hydrogen-bond donors (Lipinski definition) is 1. The van der Waals surface area contributed by atoms with E-state index in [1.165, 1.54) is 4.88 Å². The molecule has 3 nitrogen and oxygen atoms in total. The molecule has 21 heavy (non-hydrogen) atoms. The molecule has 1 N–H and O–H groups in total. The highest BCUT2D eigenvalue weighted by Gasteiger charge is 2.02. The predicted octanol–water partition coefficient (Wildman–Crippen LogP) is 3.57. The van der Waals surface area contributed by atoms with Gasteiger partial charge < -0.3 is 10.1 Å². The van der Waals surface area contributed by atoms with Crippen LogP contribution in [0.5, 0.6) is 5.75 Å². The highest BCUT2D eigenvalue weighted by Crippen LogP contribution is 2.16. The maximum Gasteiger partial charge on any atom is 0.220 e. The van der Waals surface area contributed by atoms with Gasteiger partial charge in [0.2, 0.25) is 5.91 Å². The fourth-order valence-corrected chi connectivity index (χ4v) is 2.71. The van der Waals surface area contributed by atoms with Crippen LogP contribution in [0.2, 0.25) is 0 Å². The zero-order chi connectivity index (χ0) is 14.9. The molecule has 1 heterocycles. The Bertz CT molecular complexity index is 552. The van der Waals surface area contributed by atoms with Crippen LogP contribution in [-0.2, 0) is 11.2 Å². The molecule has 0 fully saturated rings. The van der Waals surface area contributed by atoms with E-state index in [1.807, 2.05) is 37.3 Å². The van der Waals surface area contributed by atoms with E-state index in [-0.39, 0.29) is 5.91 Å². The zero-order valence-corrected chi connectivity index (χ0v) is 13.1. The van der Waals surface area contributed by atoms with E-state index >= 15 is 0 Å². The molecule has 0 saturated carbocycles. The molecule has 0 bridgehead atoms. The van der Waals surface area contributed by atoms with E-state index in [2.05, 4.69) is 16.8 Å². The van der Waals surface area contributed by atoms with Gasteiger partial charge in [-0.2, -0.15) is 0 Å². The van der Waals surface area contributed by atoms with Crippen LogP contribution in [0.3, 0.4) is 0 Å². The van der Waals surface area contributed by atoms with Crippen molar-refractivity contribution in [1.29, 1.82) is 0 Å². The number of amides is 1. The highest BCUT2D eigenvalue weighted by atomic mass is 32.1. The summed E-state index contributed by atoms with van der Waals surface area (Å²) in [6, 6.07) is 12.0. The van der Waals surface area contributed by atoms with Gasteiger partial charge >= 0.3 is 0 Å². The van der Waals surface area contributed by atoms with Crippen LogP contribution in [0.25, 0.3) is 0 Å². The summed E-state index contributed by atoms with van der Waals surface area (Å²) in [7, 11) is 0. The number of benzene rings is 1. The van der Waals surface area contributed by atoms with Gasteiger partial charge in [0.05, 0.1) is 6.61 Å². The van der Waals surface area contributed by atoms with E-state index < -0.39 is 0 Å². The summed E-state index contributed by atoms with van der Waals surface area (Å²) in [6.07, 6.45) is 2.15. The molecular formula is C17H21NO2S. The summed E-state index contributed by atoms with van der Waals surface area (Å²) >= 11 is 1.72. The Hall–Kier alpha value is -1.81. The number of carbonyl (C=O) groups excluding carboxylic acids is 1. The number of para-hydroxylation sites is 1. The standard InChI is InChI=1S/C17H21NO2S/c1-14-6-2-3-8-16(14)20-12-4-9-17(19)18-11-10-15-7-5-13-21-15/h2-3,5-8,13H,4,9-12H2,1H3,(H,18,19). The summed E-state index contributed by atoms with van der Waals surface area (Å²) < 4.78 is 5.67. The Morgan fingerprint density at radius 2 is 2.10 bits per heavy atom. The molecule has 0 aliphatic rings. The molecule has 0 aliphatic heterocycles. The van der Waals surface area contributed by atoms with Gasteiger partial charge in [0.25, 0.3) is 0 Å². The minimum atomic E-state index is 0.0972. The molecule has 0 atom stereocenters. The lowest BCUT2D eigenvalue weighted by molar-refractivity contribution is -0.121. The molecular weight excluding hydrogens is 282 g/mol. The molecule has 1 aromatic heterocycles. The first-order chi connectivity index (χ1) is 10.3. The van der Waals surface area contributed by atoms with E-state index in [0.717, 1.165) is 24.2 Å². The van der Waals surface area contributed by atoms with Crippen molar-refractivity contribution >= 4 is 17.2 Å². The van der Waals surface area contributed by atoms with Crippen LogP contribution >= 0.6 is 11.3 Å². The Kier molecular flexibility index (Phi) is 6.28. The zero-order valence-electron chi connectivity index (χ0n) is 12.3. The third kappa shape index (κ3) is 5.60. The van der Waals surface area contributed by atoms with Gasteiger partial charge in [-0.1, -0.05) is 24.3 Å². The van der Waals surface area contributed by atoms with Crippen molar-refractivity contribution in [2.75, 3.05) is 13.2 Å². The first kappa shape index (κ1) is 15.6. The molecule has 0 unspecified atom stereocenters. The molecule has 0 saturated heterocycles. The lowest BCUT2D eigenvalue weighted by atomic mass is 10.2. The Labute approximate surface area is 130 Å². The second-order valence-electron chi connectivity index (χ2n) is 4.90. The molecule has 0 spiro atoms. The summed E-state index contributed by atoms with van der Waals surface area (Å²) in [5.41, 5.74) is 1.12. The first-order valence-corrected chi connectivity index (χ1v) is 8.11. The van der Waals surface area contributed by atoms with Gasteiger partial charge in [-0.25, -0.2) is 0 Å². The van der Waals surface area contributed by atoms with E-state index in [9.17, 15) is 4.79 Å². The van der Waals surface area contributed by atoms with Gasteiger partial charge in [-0.15, -0.1) is 11.3 Å². The molecule has 2 aromatic rings. The van der Waals surface area contributed by atoms with Gasteiger partial charge in [0.1, 0.15) is 5.75 Å². The number of aryl methyl sites for hydroxylation is 1. The number of rotatable bonds is 8. The number of thiophene rings is 1. The molecule has 1 amide bonds. The molecule has 112 valence electrons. The van der Waals surface area contributed by atoms with Crippen LogP contribution in [0.15, 0.2) is 41.8 Å². The van der Waals surface area contributed by atoms with Gasteiger partial charge in [0, 0.05) is 17.8 Å². The number of nitrogens with one attached hydrogen (secondary N) is 1. The SMILES string of the molecule is Cc1ccccc1OCCCC(=O)NCCc1cccs1. The smallest absolute Gasteiger partial charge is 0.220 e. The molecule has 4 heteroatoms. The molecule has 0 aliphatic carbocycles. The van der Waals surface area contributed by atoms with Crippen LogP contribution < -0.4 is 10.1 Å². The van der Waals surface area contributed by atoms with Gasteiger partial charge in [-0.05, 0) is 42.8 Å². The maximum atomic E-state index is 11.7. The summed E-state index contributed by atoms with van der Waals surface area (Å²) in [5, 5.41) is 5.00. The van der Waals surface area contributed by atoms with Crippen molar-refractivity contribution in [2.24, 2.45) is 0 Å². The van der Waals surface area contributed by atoms with Crippen LogP contribution in [0.4, 0.5) is 0 Å². The highest BCUT2D eigenvalue weighted by molar-refractivity contribution is 7.09. The van der Waals surface area contributed by atoms with Crippen LogP contribution in [0, 0.1) is 6.92 Å². The topological polar surface area (TPSA) is 38.3 Å². The van der Waals surface area contributed by atoms with Crippen molar-refractivity contribution in [3.05, 3.63) is 52.2 Å². The van der Waals surface area contributed by atoms with Gasteiger partial charge in [0.15, 0.2) is 0 Å². The number of hydrogen-bond acceptors (Lipinski definition) is 3. The lowest BCUT2D eigenvalue weighted by Crippen LogP contribution is -2.25. The largest absolute Gasteiger partial charge is 0.493 e. The second-order valence-corrected chi connectivity index (χ2v) is 5.93. The van der Waals surface area contributed by atoms with Crippen molar-refractivity contribution < 1.29 is 9.53 Å². The number of carbonyl (C=O) groups is 1. The molecule has 2 rings (SSSR count). The van der Waals surface area contributed by atoms with Crippen LogP contribution in [0.1, 0.15) is 23.3 Å². The Balaban J connectivity index is 1.56. The normalized spacial score (nSPS) is 10.3. The van der Waals surface area contributed by atoms with Crippen molar-refractivity contribution in [3.8, 4) is 5.75 Å². The first-order valence-electron chi connectivity index (χ1n) is 7.23. The van der Waals surface area contributed by atoms with Crippen molar-refractivity contribution in [1.82, 2.24) is 5.32 Å². The summed E-state index contributed by atoms with van der Waals surface area (Å²) in [6.45, 7) is 3.30. The predicted molar refractivity (Wildman–Crippen MR) is 86.9 cm³/mol. The van der Waals surface area contributed by atoms with Crippen LogP contribution in [-0.4, -0.2) is 19.1 Å². The van der Waals surface area contributed by atoms with Gasteiger partial charge in [-0.3, -0.25) is 4.79 Å². The summed E-state index contributed by atoms with van der Waals surface area (Å²) in [5.74, 6) is 0.996. The average molecular weight is 303 g/mol. The number of ether oxygens (including phenoxy) is 1. The monoisotopic (exact) mass is 303 g/mol. The maximum absolute atomic E-state index is 11.7. The Morgan fingerprint density at radius 1 is 1.24 bits per heavy atom. The molecule has 0 radical (unpaired) electrons. The van der Waals surface area contributed by atoms with E-state index in [1.54, 1.807) is 11.3 Å². The Morgan fingerprint density at radius 3 is 2.86 bits per heavy atom. The fourth-order valence-electron chi connectivity index (χ4n) is 2.00. The second kappa shape index (κ2) is 8.47. The summed E-state index contributed by atoms with van der Waals surface area (Å²) in [4.78, 5) is 13.0. The molecule has 1 aromatic carbocycles.